The molecule has 1 heterocycles. The Labute approximate surface area is 463 Å². The molecule has 0 N–H and O–H groups in total. The maximum absolute atomic E-state index is 9.84. The summed E-state index contributed by atoms with van der Waals surface area (Å²) in [4.78, 5) is 0. The summed E-state index contributed by atoms with van der Waals surface area (Å²) >= 11 is -5.96. The van der Waals surface area contributed by atoms with Crippen LogP contribution >= 0.6 is 17.0 Å². The average Bonchev–Trinajstić information content (AvgIpc) is 4.03. The van der Waals surface area contributed by atoms with Gasteiger partial charge in [0.25, 0.3) is 0 Å². The van der Waals surface area contributed by atoms with Crippen LogP contribution in [0.2, 0.25) is 78.6 Å². The quantitative estimate of drug-likeness (QED) is 0.113. The van der Waals surface area contributed by atoms with E-state index in [-0.39, 0.29) is 18.1 Å². The van der Waals surface area contributed by atoms with Crippen molar-refractivity contribution in [2.24, 2.45) is 10.8 Å². The van der Waals surface area contributed by atoms with Crippen molar-refractivity contribution in [1.82, 2.24) is 0 Å². The van der Waals surface area contributed by atoms with Crippen molar-refractivity contribution in [3.63, 3.8) is 0 Å². The van der Waals surface area contributed by atoms with Crippen molar-refractivity contribution in [3.8, 4) is 33.4 Å². The summed E-state index contributed by atoms with van der Waals surface area (Å²) in [5, 5.41) is 9.16. The van der Waals surface area contributed by atoms with Gasteiger partial charge in [-0.05, 0) is 0 Å². The summed E-state index contributed by atoms with van der Waals surface area (Å²) in [5.41, 5.74) is 18.8. The van der Waals surface area contributed by atoms with Crippen LogP contribution in [0.3, 0.4) is 0 Å². The molecule has 2 aliphatic carbocycles. The Morgan fingerprint density at radius 3 is 1.22 bits per heavy atom. The van der Waals surface area contributed by atoms with E-state index < -0.39 is 58.2 Å². The molecule has 0 spiro atoms. The number of benzene rings is 6. The van der Waals surface area contributed by atoms with E-state index in [1.54, 1.807) is 20.7 Å². The molecule has 2 unspecified atom stereocenters. The zero-order valence-corrected chi connectivity index (χ0v) is 58.4. The number of allylic oxidation sites excluding steroid dienone is 2. The van der Waals surface area contributed by atoms with E-state index in [4.69, 9.17) is 0 Å². The van der Waals surface area contributed by atoms with E-state index in [2.05, 4.69) is 249 Å². The zero-order valence-electron chi connectivity index (χ0n) is 49.0. The molecule has 0 saturated carbocycles. The van der Waals surface area contributed by atoms with Crippen LogP contribution in [-0.2, 0) is 29.2 Å². The Kier molecular flexibility index (Phi) is 14.2. The first-order valence-corrected chi connectivity index (χ1v) is 53.8. The van der Waals surface area contributed by atoms with E-state index >= 15 is 0 Å². The second kappa shape index (κ2) is 18.7. The minimum absolute atomic E-state index is 0.176. The second-order valence-electron chi connectivity index (χ2n) is 28.9. The van der Waals surface area contributed by atoms with Gasteiger partial charge in [-0.3, -0.25) is 0 Å². The van der Waals surface area contributed by atoms with Crippen molar-refractivity contribution in [2.75, 3.05) is 0 Å². The Bertz CT molecular complexity index is 3100. The Morgan fingerprint density at radius 1 is 0.473 bits per heavy atom. The summed E-state index contributed by atoms with van der Waals surface area (Å²) in [5.74, 6) is 0. The molecular formula is C66H87Cl2Si5Zr. The minimum atomic E-state index is -5.96. The molecule has 0 saturated heterocycles. The van der Waals surface area contributed by atoms with E-state index in [9.17, 15) is 17.0 Å². The first kappa shape index (κ1) is 56.1. The topological polar surface area (TPSA) is 0 Å². The van der Waals surface area contributed by atoms with Crippen LogP contribution in [0.4, 0.5) is 0 Å². The van der Waals surface area contributed by atoms with Crippen LogP contribution in [0, 0.1) is 10.8 Å². The number of fused-ring (bicyclic) bond motifs is 5. The van der Waals surface area contributed by atoms with Gasteiger partial charge >= 0.3 is 468 Å². The van der Waals surface area contributed by atoms with Gasteiger partial charge in [-0.1, -0.05) is 0 Å². The Balaban J connectivity index is 1.44. The summed E-state index contributed by atoms with van der Waals surface area (Å²) in [6.45, 7) is 49.5. The van der Waals surface area contributed by atoms with E-state index in [1.807, 2.05) is 0 Å². The fourth-order valence-corrected chi connectivity index (χ4v) is 46.4. The third kappa shape index (κ3) is 9.53. The number of hydrogen-bond donors (Lipinski definition) is 0. The fourth-order valence-electron chi connectivity index (χ4n) is 13.1. The normalized spacial score (nSPS) is 17.9. The van der Waals surface area contributed by atoms with Crippen molar-refractivity contribution in [2.45, 2.75) is 154 Å². The molecule has 0 radical (unpaired) electrons. The molecule has 0 amide bonds. The first-order chi connectivity index (χ1) is 34.1. The monoisotopic (exact) mass is 1180 g/mol. The predicted molar refractivity (Wildman–Crippen MR) is 346 cm³/mol. The second-order valence-corrected chi connectivity index (χ2v) is 71.6. The maximum atomic E-state index is 9.84. The van der Waals surface area contributed by atoms with Crippen LogP contribution in [0.1, 0.15) is 96.0 Å². The molecule has 389 valence electrons. The average molecular weight is 1180 g/mol. The van der Waals surface area contributed by atoms with Crippen LogP contribution in [0.15, 0.2) is 114 Å². The molecule has 6 aromatic carbocycles. The fraction of sp³-hybridized carbons (Fsp3) is 0.394. The predicted octanol–water partition coefficient (Wildman–Crippen LogP) is 15.4. The summed E-state index contributed by atoms with van der Waals surface area (Å²) in [6.07, 6.45) is 7.18. The van der Waals surface area contributed by atoms with Crippen LogP contribution in [0.5, 0.6) is 0 Å². The first-order valence-electron chi connectivity index (χ1n) is 27.9. The zero-order chi connectivity index (χ0) is 54.3. The molecule has 8 heteroatoms. The molecule has 3 aliphatic rings. The van der Waals surface area contributed by atoms with Gasteiger partial charge in [0.2, 0.25) is 0 Å². The van der Waals surface area contributed by atoms with Crippen molar-refractivity contribution in [3.05, 3.63) is 148 Å². The molecule has 1 aliphatic heterocycles. The summed E-state index contributed by atoms with van der Waals surface area (Å²) in [6, 6.07) is 41.9. The molecule has 9 rings (SSSR count). The molecule has 0 nitrogen and oxygen atoms in total. The Hall–Kier alpha value is -2.65. The van der Waals surface area contributed by atoms with Gasteiger partial charge in [-0.15, -0.1) is 0 Å². The van der Waals surface area contributed by atoms with Gasteiger partial charge in [0.1, 0.15) is 0 Å². The number of halogens is 2. The van der Waals surface area contributed by atoms with E-state index in [0.717, 1.165) is 12.8 Å². The third-order valence-electron chi connectivity index (χ3n) is 17.4. The SMILES string of the molecule is CCc1ccc2c(c1-c1cc([Si](C)(C)C)cc([Si](C)(C)C)c1)C=C(C(C)(C)C)[CH]2[Zr]([Cl])([Cl])([c]1cccc2c1[SiH2]c1ccccc1-2)[CH]1C(C(C)(C)C)=Cc2c1ccc(CC)c2-c1cc([Si](C)(C)C)cc([Si](C)(C)C)c1. The standard InChI is InChI=1S/2C27H39Si2.C12H9Si.2ClH.Zr/c2*1-11-19-12-13-20-14-22(27(2,3)4)17-25(20)26(19)21-15-23(28(5,6)7)18-24(16-21)29(8,9)10;1-3-7-11-9(5-1)10-6-2-4-8-12(10)13-11;;;/h2*12-18H,11H2,1-10H3;1-7H,13H2;2*1H;/q;;;;;+2/p-2. The molecule has 0 bridgehead atoms. The number of rotatable bonds is 11. The summed E-state index contributed by atoms with van der Waals surface area (Å²) < 4.78 is 0.955. The number of aryl methyl sites for hydroxylation is 2. The molecule has 74 heavy (non-hydrogen) atoms. The number of hydrogen-bond acceptors (Lipinski definition) is 0. The van der Waals surface area contributed by atoms with Gasteiger partial charge in [0, 0.05) is 0 Å². The third-order valence-corrected chi connectivity index (χ3v) is 48.0. The van der Waals surface area contributed by atoms with Crippen LogP contribution in [0.25, 0.3) is 45.5 Å². The van der Waals surface area contributed by atoms with Crippen LogP contribution < -0.4 is 34.4 Å². The molecule has 6 aromatic rings. The van der Waals surface area contributed by atoms with Crippen LogP contribution in [-0.4, -0.2) is 41.8 Å². The van der Waals surface area contributed by atoms with Crippen molar-refractivity contribution in [1.29, 1.82) is 0 Å². The van der Waals surface area contributed by atoms with E-state index in [1.165, 1.54) is 91.6 Å². The molecule has 0 fully saturated rings. The molecule has 2 atom stereocenters. The molecular weight excluding hydrogens is 1100 g/mol. The van der Waals surface area contributed by atoms with Gasteiger partial charge in [-0.25, -0.2) is 0 Å². The van der Waals surface area contributed by atoms with Gasteiger partial charge < -0.3 is 0 Å². The van der Waals surface area contributed by atoms with Crippen molar-refractivity contribution < 1.29 is 16.4 Å². The van der Waals surface area contributed by atoms with Gasteiger partial charge in [0.15, 0.2) is 0 Å². The van der Waals surface area contributed by atoms with Gasteiger partial charge in [0.05, 0.1) is 0 Å². The summed E-state index contributed by atoms with van der Waals surface area (Å²) in [7, 11) is 11.9. The van der Waals surface area contributed by atoms with Crippen molar-refractivity contribution >= 4 is 105 Å². The molecule has 0 aromatic heterocycles. The van der Waals surface area contributed by atoms with E-state index in [0.29, 0.717) is 0 Å². The van der Waals surface area contributed by atoms with Gasteiger partial charge in [-0.2, -0.15) is 0 Å². The Morgan fingerprint density at radius 2 is 0.851 bits per heavy atom.